The number of carboxylic acid groups (broad SMARTS) is 1. The van der Waals surface area contributed by atoms with E-state index in [4.69, 9.17) is 15.1 Å². The number of hydrogen-bond acceptors (Lipinski definition) is 5. The molecule has 0 spiro atoms. The quantitative estimate of drug-likeness (QED) is 0.474. The molecule has 2 aromatic carbocycles. The number of aryl methyl sites for hydroxylation is 1. The molecule has 166 valence electrons. The van der Waals surface area contributed by atoms with E-state index in [9.17, 15) is 18.0 Å². The summed E-state index contributed by atoms with van der Waals surface area (Å²) in [5.74, 6) is -0.478. The second-order valence-corrected chi connectivity index (χ2v) is 7.95. The van der Waals surface area contributed by atoms with Gasteiger partial charge in [0.2, 0.25) is 0 Å². The van der Waals surface area contributed by atoms with Gasteiger partial charge in [0.15, 0.2) is 0 Å². The summed E-state index contributed by atoms with van der Waals surface area (Å²) in [6, 6.07) is 11.5. The molecule has 0 aliphatic heterocycles. The van der Waals surface area contributed by atoms with E-state index in [0.29, 0.717) is 34.8 Å². The highest BCUT2D eigenvalue weighted by atomic mass is 32.1. The van der Waals surface area contributed by atoms with Crippen molar-refractivity contribution in [2.24, 2.45) is 0 Å². The van der Waals surface area contributed by atoms with Gasteiger partial charge >= 0.3 is 12.1 Å². The first-order chi connectivity index (χ1) is 15.1. The topological polar surface area (TPSA) is 83.2 Å². The molecule has 0 aliphatic carbocycles. The van der Waals surface area contributed by atoms with Gasteiger partial charge in [-0.2, -0.15) is 22.8 Å². The monoisotopic (exact) mass is 460 g/mol. The molecule has 0 fully saturated rings. The molecule has 0 aliphatic rings. The van der Waals surface area contributed by atoms with Crippen LogP contribution in [-0.4, -0.2) is 15.4 Å². The van der Waals surface area contributed by atoms with Crippen LogP contribution in [0.15, 0.2) is 36.4 Å². The number of nitriles is 1. The molecule has 1 aromatic heterocycles. The number of hydrogen-bond donors (Lipinski definition) is 1. The SMILES string of the molecule is Cc1c(CCC(=O)O)ccc(OCc2c(-c3ccc(C#N)cc3)nsc2C(F)(F)F)c1C. The average molecular weight is 460 g/mol. The first-order valence-corrected chi connectivity index (χ1v) is 10.4. The van der Waals surface area contributed by atoms with Gasteiger partial charge in [-0.1, -0.05) is 18.2 Å². The van der Waals surface area contributed by atoms with Crippen LogP contribution < -0.4 is 4.74 Å². The van der Waals surface area contributed by atoms with Crippen molar-refractivity contribution in [3.8, 4) is 23.1 Å². The summed E-state index contributed by atoms with van der Waals surface area (Å²) in [6.07, 6.45) is -4.23. The Morgan fingerprint density at radius 2 is 1.84 bits per heavy atom. The summed E-state index contributed by atoms with van der Waals surface area (Å²) < 4.78 is 50.6. The van der Waals surface area contributed by atoms with E-state index in [1.807, 2.05) is 13.0 Å². The predicted octanol–water partition coefficient (Wildman–Crippen LogP) is 5.91. The van der Waals surface area contributed by atoms with Crippen LogP contribution in [0.1, 0.15) is 39.1 Å². The number of halogens is 3. The molecule has 0 unspecified atom stereocenters. The minimum absolute atomic E-state index is 0.00997. The lowest BCUT2D eigenvalue weighted by Gasteiger charge is -2.15. The van der Waals surface area contributed by atoms with E-state index >= 15 is 0 Å². The zero-order valence-electron chi connectivity index (χ0n) is 17.3. The average Bonchev–Trinajstić information content (AvgIpc) is 3.18. The summed E-state index contributed by atoms with van der Waals surface area (Å²) in [5, 5.41) is 17.8. The van der Waals surface area contributed by atoms with Crippen molar-refractivity contribution in [3.05, 3.63) is 69.1 Å². The van der Waals surface area contributed by atoms with Crippen LogP contribution in [0, 0.1) is 25.2 Å². The van der Waals surface area contributed by atoms with E-state index < -0.39 is 17.0 Å². The van der Waals surface area contributed by atoms with Gasteiger partial charge in [0.05, 0.1) is 17.3 Å². The minimum Gasteiger partial charge on any atom is -0.488 e. The number of aliphatic carboxylic acids is 1. The fourth-order valence-electron chi connectivity index (χ4n) is 3.27. The van der Waals surface area contributed by atoms with Crippen LogP contribution >= 0.6 is 11.5 Å². The van der Waals surface area contributed by atoms with E-state index in [1.165, 1.54) is 12.1 Å². The number of carboxylic acids is 1. The highest BCUT2D eigenvalue weighted by Gasteiger charge is 2.38. The summed E-state index contributed by atoms with van der Waals surface area (Å²) in [5.41, 5.74) is 3.39. The Labute approximate surface area is 186 Å². The van der Waals surface area contributed by atoms with Crippen LogP contribution in [0.2, 0.25) is 0 Å². The number of nitrogens with zero attached hydrogens (tertiary/aromatic N) is 2. The Bertz CT molecular complexity index is 1180. The van der Waals surface area contributed by atoms with Gasteiger partial charge in [-0.25, -0.2) is 0 Å². The van der Waals surface area contributed by atoms with Gasteiger partial charge in [0.1, 0.15) is 17.2 Å². The lowest BCUT2D eigenvalue weighted by atomic mass is 9.99. The molecule has 3 rings (SSSR count). The molecule has 32 heavy (non-hydrogen) atoms. The number of benzene rings is 2. The maximum Gasteiger partial charge on any atom is 0.427 e. The number of ether oxygens (including phenoxy) is 1. The third-order valence-corrected chi connectivity index (χ3v) is 6.10. The number of rotatable bonds is 7. The molecule has 0 atom stereocenters. The Morgan fingerprint density at radius 3 is 2.44 bits per heavy atom. The fourth-order valence-corrected chi connectivity index (χ4v) is 4.03. The molecule has 1 N–H and O–H groups in total. The van der Waals surface area contributed by atoms with Gasteiger partial charge in [-0.05, 0) is 66.7 Å². The first kappa shape index (κ1) is 23.3. The number of carbonyl (C=O) groups is 1. The molecular formula is C23H19F3N2O3S. The number of alkyl halides is 3. The molecule has 0 amide bonds. The second kappa shape index (κ2) is 9.40. The van der Waals surface area contributed by atoms with Crippen molar-refractivity contribution in [1.82, 2.24) is 4.37 Å². The van der Waals surface area contributed by atoms with Crippen LogP contribution in [0.5, 0.6) is 5.75 Å². The molecule has 9 heteroatoms. The highest BCUT2D eigenvalue weighted by Crippen LogP contribution is 2.40. The Kier molecular flexibility index (Phi) is 6.84. The molecule has 0 radical (unpaired) electrons. The van der Waals surface area contributed by atoms with Gasteiger partial charge in [0, 0.05) is 17.5 Å². The predicted molar refractivity (Wildman–Crippen MR) is 113 cm³/mol. The molecule has 3 aromatic rings. The van der Waals surface area contributed by atoms with Crippen LogP contribution in [0.25, 0.3) is 11.3 Å². The first-order valence-electron chi connectivity index (χ1n) is 9.61. The van der Waals surface area contributed by atoms with Crippen molar-refractivity contribution < 1.29 is 27.8 Å². The molecule has 0 bridgehead atoms. The van der Waals surface area contributed by atoms with E-state index in [2.05, 4.69) is 4.37 Å². The molecule has 0 saturated heterocycles. The standard InChI is InChI=1S/C23H19F3N2O3S/c1-13-14(2)19(9-7-16(13)8-10-20(29)30)31-12-18-21(28-32-22(18)23(24,25)26)17-5-3-15(11-27)4-6-17/h3-7,9H,8,10,12H2,1-2H3,(H,29,30). The van der Waals surface area contributed by atoms with Crippen LogP contribution in [-0.2, 0) is 24.0 Å². The second-order valence-electron chi connectivity index (χ2n) is 7.18. The van der Waals surface area contributed by atoms with Crippen LogP contribution in [0.4, 0.5) is 13.2 Å². The Morgan fingerprint density at radius 1 is 1.16 bits per heavy atom. The fraction of sp³-hybridized carbons (Fsp3) is 0.261. The zero-order valence-corrected chi connectivity index (χ0v) is 18.1. The maximum absolute atomic E-state index is 13.6. The zero-order chi connectivity index (χ0) is 23.5. The van der Waals surface area contributed by atoms with Gasteiger partial charge in [-0.3, -0.25) is 4.79 Å². The van der Waals surface area contributed by atoms with Crippen molar-refractivity contribution >= 4 is 17.5 Å². The van der Waals surface area contributed by atoms with Crippen molar-refractivity contribution in [1.29, 1.82) is 5.26 Å². The van der Waals surface area contributed by atoms with E-state index in [1.54, 1.807) is 31.2 Å². The molecular weight excluding hydrogens is 441 g/mol. The summed E-state index contributed by atoms with van der Waals surface area (Å²) in [4.78, 5) is 10.0. The largest absolute Gasteiger partial charge is 0.488 e. The molecule has 5 nitrogen and oxygen atoms in total. The lowest BCUT2D eigenvalue weighted by Crippen LogP contribution is -2.09. The molecule has 0 saturated carbocycles. The molecule has 1 heterocycles. The Hall–Kier alpha value is -3.38. The minimum atomic E-state index is -4.58. The lowest BCUT2D eigenvalue weighted by molar-refractivity contribution is -0.137. The third-order valence-electron chi connectivity index (χ3n) is 5.16. The summed E-state index contributed by atoms with van der Waals surface area (Å²) in [6.45, 7) is 3.28. The number of aromatic nitrogens is 1. The highest BCUT2D eigenvalue weighted by molar-refractivity contribution is 7.06. The van der Waals surface area contributed by atoms with Crippen molar-refractivity contribution in [2.45, 2.75) is 39.5 Å². The van der Waals surface area contributed by atoms with Gasteiger partial charge < -0.3 is 9.84 Å². The Balaban J connectivity index is 1.91. The maximum atomic E-state index is 13.6. The third kappa shape index (κ3) is 5.08. The van der Waals surface area contributed by atoms with Crippen LogP contribution in [0.3, 0.4) is 0 Å². The smallest absolute Gasteiger partial charge is 0.427 e. The normalized spacial score (nSPS) is 11.2. The van der Waals surface area contributed by atoms with Crippen molar-refractivity contribution in [2.75, 3.05) is 0 Å². The van der Waals surface area contributed by atoms with Crippen molar-refractivity contribution in [3.63, 3.8) is 0 Å². The summed E-state index contributed by atoms with van der Waals surface area (Å²) in [7, 11) is 0. The van der Waals surface area contributed by atoms with E-state index in [-0.39, 0.29) is 24.3 Å². The van der Waals surface area contributed by atoms with Gasteiger partial charge in [-0.15, -0.1) is 0 Å². The van der Waals surface area contributed by atoms with E-state index in [0.717, 1.165) is 16.7 Å². The van der Waals surface area contributed by atoms with Gasteiger partial charge in [0.25, 0.3) is 0 Å². The summed E-state index contributed by atoms with van der Waals surface area (Å²) >= 11 is 0.367.